The van der Waals surface area contributed by atoms with Crippen LogP contribution in [0.2, 0.25) is 6.55 Å². The number of pyridine rings is 1. The normalized spacial score (nSPS) is 11.6. The summed E-state index contributed by atoms with van der Waals surface area (Å²) in [6.07, 6.45) is 2.22. The lowest BCUT2D eigenvalue weighted by molar-refractivity contribution is -0.659. The van der Waals surface area contributed by atoms with Crippen LogP contribution in [0, 0.1) is 13.8 Å². The molecule has 0 aliphatic rings. The molecular formula is C37H34NSi+. The van der Waals surface area contributed by atoms with E-state index >= 15 is 0 Å². The Labute approximate surface area is 233 Å². The van der Waals surface area contributed by atoms with E-state index < -0.39 is 8.07 Å². The number of aryl methyl sites for hydroxylation is 2. The number of benzene rings is 5. The molecule has 0 atom stereocenters. The Morgan fingerprint density at radius 3 is 1.77 bits per heavy atom. The fraction of sp³-hybridized carbons (Fsp3) is 0.108. The molecule has 2 heteroatoms. The molecule has 0 aliphatic heterocycles. The number of aromatic nitrogens is 1. The van der Waals surface area contributed by atoms with Crippen LogP contribution in [-0.4, -0.2) is 8.07 Å². The monoisotopic (exact) mass is 520 g/mol. The maximum atomic E-state index is 2.49. The van der Waals surface area contributed by atoms with Crippen LogP contribution in [0.1, 0.15) is 11.1 Å². The van der Waals surface area contributed by atoms with Crippen molar-refractivity contribution in [1.29, 1.82) is 0 Å². The van der Waals surface area contributed by atoms with E-state index in [1.807, 2.05) is 0 Å². The van der Waals surface area contributed by atoms with Crippen LogP contribution < -0.4 is 20.1 Å². The maximum Gasteiger partial charge on any atom is 0.220 e. The van der Waals surface area contributed by atoms with Gasteiger partial charge >= 0.3 is 0 Å². The zero-order valence-corrected chi connectivity index (χ0v) is 24.1. The maximum absolute atomic E-state index is 2.49. The van der Waals surface area contributed by atoms with Crippen LogP contribution in [0.15, 0.2) is 134 Å². The molecule has 190 valence electrons. The molecule has 0 aliphatic carbocycles. The molecule has 0 N–H and O–H groups in total. The van der Waals surface area contributed by atoms with Gasteiger partial charge in [-0.15, -0.1) is 0 Å². The van der Waals surface area contributed by atoms with Crippen molar-refractivity contribution >= 4 is 34.4 Å². The zero-order valence-electron chi connectivity index (χ0n) is 23.1. The molecule has 0 fully saturated rings. The van der Waals surface area contributed by atoms with Gasteiger partial charge in [0.15, 0.2) is 6.20 Å². The molecule has 6 rings (SSSR count). The van der Waals surface area contributed by atoms with Gasteiger partial charge in [-0.05, 0) is 69.2 Å². The average molecular weight is 521 g/mol. The van der Waals surface area contributed by atoms with Crippen molar-refractivity contribution in [3.63, 3.8) is 0 Å². The lowest BCUT2D eigenvalue weighted by Gasteiger charge is -2.29. The van der Waals surface area contributed by atoms with Gasteiger partial charge in [0.1, 0.15) is 15.1 Å². The highest BCUT2D eigenvalue weighted by Gasteiger charge is 2.34. The van der Waals surface area contributed by atoms with Crippen molar-refractivity contribution in [3.05, 3.63) is 145 Å². The third-order valence-electron chi connectivity index (χ3n) is 8.45. The van der Waals surface area contributed by atoms with Crippen LogP contribution in [0.3, 0.4) is 0 Å². The minimum Gasteiger partial charge on any atom is -0.200 e. The van der Waals surface area contributed by atoms with Crippen LogP contribution in [-0.2, 0) is 7.05 Å². The van der Waals surface area contributed by atoms with Crippen molar-refractivity contribution in [2.75, 3.05) is 0 Å². The Morgan fingerprint density at radius 1 is 0.564 bits per heavy atom. The first-order chi connectivity index (χ1) is 19.0. The van der Waals surface area contributed by atoms with Crippen molar-refractivity contribution < 1.29 is 4.57 Å². The van der Waals surface area contributed by atoms with E-state index in [0.717, 1.165) is 0 Å². The predicted octanol–water partition coefficient (Wildman–Crippen LogP) is 6.72. The summed E-state index contributed by atoms with van der Waals surface area (Å²) in [6, 6.07) is 47.0. The van der Waals surface area contributed by atoms with Gasteiger partial charge in [-0.25, -0.2) is 4.57 Å². The molecule has 0 unspecified atom stereocenters. The second-order valence-electron chi connectivity index (χ2n) is 10.8. The van der Waals surface area contributed by atoms with E-state index in [1.54, 1.807) is 0 Å². The van der Waals surface area contributed by atoms with Gasteiger partial charge in [-0.1, -0.05) is 116 Å². The van der Waals surface area contributed by atoms with Gasteiger partial charge < -0.3 is 0 Å². The van der Waals surface area contributed by atoms with Gasteiger partial charge in [0.25, 0.3) is 0 Å². The van der Waals surface area contributed by atoms with Crippen molar-refractivity contribution in [3.8, 4) is 22.4 Å². The molecule has 0 radical (unpaired) electrons. The number of hydrogen-bond donors (Lipinski definition) is 0. The molecule has 39 heavy (non-hydrogen) atoms. The first kappa shape index (κ1) is 25.0. The molecule has 1 nitrogen and oxygen atoms in total. The number of fused-ring (bicyclic) bond motifs is 1. The first-order valence-electron chi connectivity index (χ1n) is 13.7. The molecule has 0 amide bonds. The zero-order chi connectivity index (χ0) is 27.0. The van der Waals surface area contributed by atoms with Gasteiger partial charge in [0.05, 0.1) is 10.9 Å². The van der Waals surface area contributed by atoms with Gasteiger partial charge in [0, 0.05) is 6.07 Å². The van der Waals surface area contributed by atoms with E-state index in [2.05, 4.69) is 166 Å². The van der Waals surface area contributed by atoms with Gasteiger partial charge in [-0.3, -0.25) is 0 Å². The highest BCUT2D eigenvalue weighted by Crippen LogP contribution is 2.33. The molecule has 1 aromatic heterocycles. The number of rotatable bonds is 5. The third kappa shape index (κ3) is 4.41. The van der Waals surface area contributed by atoms with Crippen molar-refractivity contribution in [1.82, 2.24) is 0 Å². The van der Waals surface area contributed by atoms with E-state index in [9.17, 15) is 0 Å². The molecule has 1 heterocycles. The Morgan fingerprint density at radius 2 is 1.15 bits per heavy atom. The van der Waals surface area contributed by atoms with Crippen LogP contribution in [0.5, 0.6) is 0 Å². The number of hydrogen-bond acceptors (Lipinski definition) is 0. The fourth-order valence-corrected chi connectivity index (χ4v) is 9.54. The van der Waals surface area contributed by atoms with Crippen LogP contribution >= 0.6 is 0 Å². The summed E-state index contributed by atoms with van der Waals surface area (Å²) >= 11 is 0. The van der Waals surface area contributed by atoms with Crippen molar-refractivity contribution in [2.45, 2.75) is 20.4 Å². The standard InChI is InChI=1S/C37H34NSi/c1-27-24-31(29-14-8-5-9-15-29)26-36(28(27)2)37-35-21-20-34(25-30(35)22-23-38(37)3)39(4,32-16-10-6-11-17-32)33-18-12-7-13-19-33/h5-26H,1-4H3/q+1. The summed E-state index contributed by atoms with van der Waals surface area (Å²) in [4.78, 5) is 0. The molecule has 6 aromatic rings. The minimum atomic E-state index is -2.18. The predicted molar refractivity (Wildman–Crippen MR) is 169 cm³/mol. The summed E-state index contributed by atoms with van der Waals surface area (Å²) < 4.78 is 2.28. The first-order valence-corrected chi connectivity index (χ1v) is 16.2. The fourth-order valence-electron chi connectivity index (χ4n) is 5.96. The number of nitrogens with zero attached hydrogens (tertiary/aromatic N) is 1. The highest BCUT2D eigenvalue weighted by molar-refractivity contribution is 7.10. The minimum absolute atomic E-state index is 1.25. The van der Waals surface area contributed by atoms with Crippen molar-refractivity contribution in [2.24, 2.45) is 7.05 Å². The Balaban J connectivity index is 1.57. The van der Waals surface area contributed by atoms with E-state index in [4.69, 9.17) is 0 Å². The molecular weight excluding hydrogens is 487 g/mol. The van der Waals surface area contributed by atoms with Crippen LogP contribution in [0.4, 0.5) is 0 Å². The van der Waals surface area contributed by atoms with E-state index in [0.29, 0.717) is 0 Å². The van der Waals surface area contributed by atoms with Gasteiger partial charge in [-0.2, -0.15) is 0 Å². The summed E-state index contributed by atoms with van der Waals surface area (Å²) in [6.45, 7) is 6.96. The Hall–Kier alpha value is -4.27. The largest absolute Gasteiger partial charge is 0.220 e. The lowest BCUT2D eigenvalue weighted by atomic mass is 9.92. The molecule has 5 aromatic carbocycles. The second kappa shape index (κ2) is 10.1. The summed E-state index contributed by atoms with van der Waals surface area (Å²) in [5.41, 5.74) is 7.71. The second-order valence-corrected chi connectivity index (χ2v) is 14.7. The molecule has 0 spiro atoms. The molecule has 0 saturated heterocycles. The smallest absolute Gasteiger partial charge is 0.200 e. The highest BCUT2D eigenvalue weighted by atomic mass is 28.3. The molecule has 0 saturated carbocycles. The summed E-state index contributed by atoms with van der Waals surface area (Å²) in [5, 5.41) is 6.86. The summed E-state index contributed by atoms with van der Waals surface area (Å²) in [5.74, 6) is 0. The lowest BCUT2D eigenvalue weighted by Crippen LogP contribution is -2.64. The Bertz CT molecular complexity index is 1730. The Kier molecular flexibility index (Phi) is 6.50. The topological polar surface area (TPSA) is 3.88 Å². The third-order valence-corrected chi connectivity index (χ3v) is 12.9. The average Bonchev–Trinajstić information content (AvgIpc) is 2.99. The van der Waals surface area contributed by atoms with Gasteiger partial charge in [0.2, 0.25) is 5.69 Å². The summed E-state index contributed by atoms with van der Waals surface area (Å²) in [7, 11) is -0.0188. The quantitative estimate of drug-likeness (QED) is 0.135. The van der Waals surface area contributed by atoms with E-state index in [1.165, 1.54) is 59.8 Å². The molecule has 0 bridgehead atoms. The van der Waals surface area contributed by atoms with Crippen LogP contribution in [0.25, 0.3) is 33.2 Å². The van der Waals surface area contributed by atoms with E-state index in [-0.39, 0.29) is 0 Å². The SMILES string of the molecule is Cc1cc(-c2ccccc2)cc(-c2c3ccc([Si](C)(c4ccccc4)c4ccccc4)cc3cc[n+]2C)c1C.